The van der Waals surface area contributed by atoms with E-state index in [9.17, 15) is 4.79 Å². The molecule has 0 spiro atoms. The first-order valence-corrected chi connectivity index (χ1v) is 5.58. The van der Waals surface area contributed by atoms with Crippen LogP contribution in [-0.2, 0) is 0 Å². The molecule has 0 bridgehead atoms. The third kappa shape index (κ3) is 2.22. The number of nitrogens with zero attached hydrogens (tertiary/aromatic N) is 1. The van der Waals surface area contributed by atoms with Gasteiger partial charge in [-0.25, -0.2) is 0 Å². The number of hydrogen-bond donors (Lipinski definition) is 1. The Morgan fingerprint density at radius 3 is 3.12 bits per heavy atom. The second-order valence-corrected chi connectivity index (χ2v) is 3.94. The number of pyridine rings is 1. The Bertz CT molecular complexity index is 373. The van der Waals surface area contributed by atoms with Crippen LogP contribution in [0.2, 0.25) is 0 Å². The second-order valence-electron chi connectivity index (χ2n) is 3.94. The van der Waals surface area contributed by atoms with Gasteiger partial charge >= 0.3 is 0 Å². The van der Waals surface area contributed by atoms with Gasteiger partial charge in [0.15, 0.2) is 5.78 Å². The van der Waals surface area contributed by atoms with Crippen LogP contribution in [0.3, 0.4) is 0 Å². The molecule has 1 aromatic rings. The number of carbonyl (C=O) groups excluding carboxylic acids is 1. The topological polar surface area (TPSA) is 51.2 Å². The summed E-state index contributed by atoms with van der Waals surface area (Å²) in [4.78, 5) is 16.2. The maximum Gasteiger partial charge on any atom is 0.185 e. The van der Waals surface area contributed by atoms with E-state index in [4.69, 9.17) is 4.74 Å². The summed E-state index contributed by atoms with van der Waals surface area (Å²) >= 11 is 0. The largest absolute Gasteiger partial charge is 0.496 e. The first-order valence-electron chi connectivity index (χ1n) is 5.58. The maximum absolute atomic E-state index is 12.2. The van der Waals surface area contributed by atoms with Crippen LogP contribution in [-0.4, -0.2) is 30.5 Å². The summed E-state index contributed by atoms with van der Waals surface area (Å²) in [5.74, 6) is 0.692. The Morgan fingerprint density at radius 1 is 1.56 bits per heavy atom. The highest BCUT2D eigenvalue weighted by molar-refractivity contribution is 6.02. The van der Waals surface area contributed by atoms with Gasteiger partial charge in [-0.15, -0.1) is 0 Å². The Hall–Kier alpha value is -1.42. The SMILES string of the molecule is COc1ccncc1C(=O)[C@H]1CCCCN1. The molecule has 1 aliphatic heterocycles. The molecule has 0 aromatic carbocycles. The molecule has 0 amide bonds. The van der Waals surface area contributed by atoms with Crippen molar-refractivity contribution in [3.8, 4) is 5.75 Å². The molecule has 86 valence electrons. The summed E-state index contributed by atoms with van der Waals surface area (Å²) in [5, 5.41) is 3.24. The molecule has 2 heterocycles. The number of ether oxygens (including phenoxy) is 1. The number of rotatable bonds is 3. The van der Waals surface area contributed by atoms with Crippen molar-refractivity contribution in [2.75, 3.05) is 13.7 Å². The number of piperidine rings is 1. The lowest BCUT2D eigenvalue weighted by Gasteiger charge is -2.22. The fraction of sp³-hybridized carbons (Fsp3) is 0.500. The van der Waals surface area contributed by atoms with E-state index < -0.39 is 0 Å². The zero-order valence-electron chi connectivity index (χ0n) is 9.40. The summed E-state index contributed by atoms with van der Waals surface area (Å²) in [7, 11) is 1.57. The lowest BCUT2D eigenvalue weighted by Crippen LogP contribution is -2.40. The van der Waals surface area contributed by atoms with Gasteiger partial charge in [0.05, 0.1) is 18.7 Å². The number of nitrogens with one attached hydrogen (secondary N) is 1. The molecule has 1 N–H and O–H groups in total. The fourth-order valence-corrected chi connectivity index (χ4v) is 2.01. The van der Waals surface area contributed by atoms with Gasteiger partial charge in [0.25, 0.3) is 0 Å². The van der Waals surface area contributed by atoms with E-state index in [0.29, 0.717) is 11.3 Å². The van der Waals surface area contributed by atoms with Gasteiger partial charge in [0, 0.05) is 12.4 Å². The summed E-state index contributed by atoms with van der Waals surface area (Å²) in [5.41, 5.74) is 0.574. The van der Waals surface area contributed by atoms with Crippen molar-refractivity contribution < 1.29 is 9.53 Å². The second kappa shape index (κ2) is 5.07. The van der Waals surface area contributed by atoms with Gasteiger partial charge in [-0.3, -0.25) is 9.78 Å². The van der Waals surface area contributed by atoms with E-state index in [1.807, 2.05) is 0 Å². The van der Waals surface area contributed by atoms with E-state index >= 15 is 0 Å². The number of ketones is 1. The number of aromatic nitrogens is 1. The monoisotopic (exact) mass is 220 g/mol. The summed E-state index contributed by atoms with van der Waals surface area (Å²) in [6, 6.07) is 1.64. The van der Waals surface area contributed by atoms with Crippen LogP contribution < -0.4 is 10.1 Å². The molecule has 0 aliphatic carbocycles. The predicted molar refractivity (Wildman–Crippen MR) is 60.8 cm³/mol. The summed E-state index contributed by atoms with van der Waals surface area (Å²) in [6.07, 6.45) is 6.36. The van der Waals surface area contributed by atoms with Crippen molar-refractivity contribution in [1.29, 1.82) is 0 Å². The molecular formula is C12H16N2O2. The third-order valence-electron chi connectivity index (χ3n) is 2.89. The zero-order chi connectivity index (χ0) is 11.4. The van der Waals surface area contributed by atoms with Crippen molar-refractivity contribution >= 4 is 5.78 Å². The van der Waals surface area contributed by atoms with Crippen molar-refractivity contribution in [2.45, 2.75) is 25.3 Å². The molecule has 0 radical (unpaired) electrons. The van der Waals surface area contributed by atoms with Gasteiger partial charge in [0.2, 0.25) is 0 Å². The minimum atomic E-state index is -0.0770. The van der Waals surface area contributed by atoms with Crippen molar-refractivity contribution in [3.05, 3.63) is 24.0 Å². The standard InChI is InChI=1S/C12H16N2O2/c1-16-11-5-7-13-8-9(11)12(15)10-4-2-3-6-14-10/h5,7-8,10,14H,2-4,6H2,1H3/t10-/m1/s1. The minimum Gasteiger partial charge on any atom is -0.496 e. The van der Waals surface area contributed by atoms with Gasteiger partial charge < -0.3 is 10.1 Å². The lowest BCUT2D eigenvalue weighted by atomic mass is 9.97. The highest BCUT2D eigenvalue weighted by Crippen LogP contribution is 2.20. The molecule has 1 aliphatic rings. The van der Waals surface area contributed by atoms with E-state index in [1.54, 1.807) is 25.6 Å². The normalized spacial score (nSPS) is 20.4. The van der Waals surface area contributed by atoms with E-state index in [1.165, 1.54) is 0 Å². The van der Waals surface area contributed by atoms with Gasteiger partial charge in [-0.05, 0) is 25.5 Å². The molecule has 1 fully saturated rings. The molecule has 16 heavy (non-hydrogen) atoms. The molecule has 0 saturated carbocycles. The number of methoxy groups -OCH3 is 1. The predicted octanol–water partition coefficient (Wildman–Crippen LogP) is 1.41. The first-order chi connectivity index (χ1) is 7.83. The molecule has 0 unspecified atom stereocenters. The minimum absolute atomic E-state index is 0.0770. The zero-order valence-corrected chi connectivity index (χ0v) is 9.40. The molecule has 2 rings (SSSR count). The van der Waals surface area contributed by atoms with Gasteiger partial charge in [-0.1, -0.05) is 6.42 Å². The first kappa shape index (κ1) is 11.1. The average molecular weight is 220 g/mol. The van der Waals surface area contributed by atoms with Crippen LogP contribution in [0.15, 0.2) is 18.5 Å². The Labute approximate surface area is 95.0 Å². The van der Waals surface area contributed by atoms with E-state index in [-0.39, 0.29) is 11.8 Å². The number of Topliss-reactive ketones (excluding diaryl/α,β-unsaturated/α-hetero) is 1. The van der Waals surface area contributed by atoms with Crippen LogP contribution in [0.25, 0.3) is 0 Å². The summed E-state index contributed by atoms with van der Waals surface area (Å²) in [6.45, 7) is 0.916. The van der Waals surface area contributed by atoms with E-state index in [2.05, 4.69) is 10.3 Å². The van der Waals surface area contributed by atoms with E-state index in [0.717, 1.165) is 25.8 Å². The Morgan fingerprint density at radius 2 is 2.44 bits per heavy atom. The van der Waals surface area contributed by atoms with Crippen LogP contribution >= 0.6 is 0 Å². The number of carbonyl (C=O) groups is 1. The van der Waals surface area contributed by atoms with Gasteiger partial charge in [-0.2, -0.15) is 0 Å². The van der Waals surface area contributed by atoms with Crippen molar-refractivity contribution in [3.63, 3.8) is 0 Å². The molecule has 4 nitrogen and oxygen atoms in total. The van der Waals surface area contributed by atoms with Gasteiger partial charge in [0.1, 0.15) is 5.75 Å². The van der Waals surface area contributed by atoms with Crippen LogP contribution in [0.4, 0.5) is 0 Å². The van der Waals surface area contributed by atoms with Crippen LogP contribution in [0.1, 0.15) is 29.6 Å². The third-order valence-corrected chi connectivity index (χ3v) is 2.89. The molecule has 4 heteroatoms. The molecule has 1 saturated heterocycles. The number of hydrogen-bond acceptors (Lipinski definition) is 4. The average Bonchev–Trinajstić information content (AvgIpc) is 2.39. The molecule has 1 aromatic heterocycles. The lowest BCUT2D eigenvalue weighted by molar-refractivity contribution is 0.0923. The highest BCUT2D eigenvalue weighted by atomic mass is 16.5. The highest BCUT2D eigenvalue weighted by Gasteiger charge is 2.24. The molecular weight excluding hydrogens is 204 g/mol. The summed E-state index contributed by atoms with van der Waals surface area (Å²) < 4.78 is 5.17. The van der Waals surface area contributed by atoms with Crippen LogP contribution in [0, 0.1) is 0 Å². The van der Waals surface area contributed by atoms with Crippen LogP contribution in [0.5, 0.6) is 5.75 Å². The molecule has 1 atom stereocenters. The smallest absolute Gasteiger partial charge is 0.185 e. The maximum atomic E-state index is 12.2. The van der Waals surface area contributed by atoms with Crippen molar-refractivity contribution in [1.82, 2.24) is 10.3 Å². The fourth-order valence-electron chi connectivity index (χ4n) is 2.01. The Balaban J connectivity index is 2.19. The Kier molecular flexibility index (Phi) is 3.51. The van der Waals surface area contributed by atoms with Crippen molar-refractivity contribution in [2.24, 2.45) is 0 Å². The quantitative estimate of drug-likeness (QED) is 0.783.